The van der Waals surface area contributed by atoms with E-state index in [0.717, 1.165) is 83.2 Å². The number of halogens is 3. The quantitative estimate of drug-likeness (QED) is 0.131. The maximum absolute atomic E-state index is 14.6. The van der Waals surface area contributed by atoms with Crippen molar-refractivity contribution in [2.75, 3.05) is 9.80 Å². The summed E-state index contributed by atoms with van der Waals surface area (Å²) < 4.78 is 43.8. The molecule has 2 nitrogen and oxygen atoms in total. The first-order chi connectivity index (χ1) is 26.5. The molecule has 7 aromatic rings. The third kappa shape index (κ3) is 5.72. The maximum atomic E-state index is 14.6. The van der Waals surface area contributed by atoms with Crippen LogP contribution in [0.15, 0.2) is 126 Å². The minimum atomic E-state index is -4.48. The van der Waals surface area contributed by atoms with Gasteiger partial charge in [-0.15, -0.1) is 0 Å². The van der Waals surface area contributed by atoms with E-state index in [1.54, 1.807) is 12.1 Å². The Kier molecular flexibility index (Phi) is 8.27. The Morgan fingerprint density at radius 2 is 0.857 bits per heavy atom. The van der Waals surface area contributed by atoms with Crippen LogP contribution in [0.1, 0.15) is 63.8 Å². The molecule has 0 atom stereocenters. The summed E-state index contributed by atoms with van der Waals surface area (Å²) >= 11 is -0.0406. The van der Waals surface area contributed by atoms with E-state index in [9.17, 15) is 13.2 Å². The molecule has 2 aliphatic heterocycles. The predicted octanol–water partition coefficient (Wildman–Crippen LogP) is 12.9. The first-order valence-corrected chi connectivity index (χ1v) is 20.1. The minimum absolute atomic E-state index is 0.0406. The van der Waals surface area contributed by atoms with Crippen LogP contribution < -0.4 is 26.2 Å². The summed E-state index contributed by atoms with van der Waals surface area (Å²) in [7, 11) is 0. The van der Waals surface area contributed by atoms with E-state index in [0.29, 0.717) is 0 Å². The lowest BCUT2D eigenvalue weighted by Crippen LogP contribution is -2.62. The van der Waals surface area contributed by atoms with Gasteiger partial charge in [0.2, 0.25) is 0 Å². The zero-order valence-electron chi connectivity index (χ0n) is 33.1. The van der Waals surface area contributed by atoms with E-state index in [1.807, 2.05) is 24.3 Å². The third-order valence-corrected chi connectivity index (χ3v) is 12.3. The molecule has 0 amide bonds. The van der Waals surface area contributed by atoms with Crippen molar-refractivity contribution in [2.45, 2.75) is 76.6 Å². The summed E-state index contributed by atoms with van der Waals surface area (Å²) in [6.07, 6.45) is 0. The molecule has 280 valence electrons. The van der Waals surface area contributed by atoms with Gasteiger partial charge >= 0.3 is 5.51 Å². The highest BCUT2D eigenvalue weighted by atomic mass is 32.2. The van der Waals surface area contributed by atoms with Crippen LogP contribution in [0.25, 0.3) is 21.5 Å². The van der Waals surface area contributed by atoms with Gasteiger partial charge in [0.15, 0.2) is 0 Å². The number of benzene rings is 7. The average molecular weight is 761 g/mol. The SMILES string of the molecule is Cc1ccccc1N1c2cc(SC(F)(F)F)cc3c2B(c2cc(C(C)(C)C)c4ccccc4c21)c1cc(C(C)(C)C)c2ccccc2c1N3c1ccccc1C. The van der Waals surface area contributed by atoms with E-state index in [-0.39, 0.29) is 34.2 Å². The van der Waals surface area contributed by atoms with Gasteiger partial charge in [0.1, 0.15) is 0 Å². The van der Waals surface area contributed by atoms with Crippen molar-refractivity contribution in [1.29, 1.82) is 0 Å². The highest BCUT2D eigenvalue weighted by molar-refractivity contribution is 8.00. The normalized spacial score (nSPS) is 13.9. The first-order valence-electron chi connectivity index (χ1n) is 19.3. The molecule has 0 saturated carbocycles. The van der Waals surface area contributed by atoms with E-state index >= 15 is 0 Å². The Labute approximate surface area is 332 Å². The van der Waals surface area contributed by atoms with Crippen molar-refractivity contribution in [1.82, 2.24) is 0 Å². The number of hydrogen-bond donors (Lipinski definition) is 0. The van der Waals surface area contributed by atoms with Crippen LogP contribution >= 0.6 is 11.8 Å². The Morgan fingerprint density at radius 1 is 0.482 bits per heavy atom. The van der Waals surface area contributed by atoms with Crippen molar-refractivity contribution in [3.63, 3.8) is 0 Å². The molecule has 0 unspecified atom stereocenters. The molecular weight excluding hydrogens is 716 g/mol. The summed E-state index contributed by atoms with van der Waals surface area (Å²) in [5.74, 6) is 0. The van der Waals surface area contributed by atoms with Gasteiger partial charge in [0, 0.05) is 49.8 Å². The average Bonchev–Trinajstić information content (AvgIpc) is 3.13. The lowest BCUT2D eigenvalue weighted by Gasteiger charge is -2.46. The molecule has 7 heteroatoms. The number of rotatable bonds is 3. The van der Waals surface area contributed by atoms with E-state index < -0.39 is 5.51 Å². The highest BCUT2D eigenvalue weighted by Gasteiger charge is 2.47. The summed E-state index contributed by atoms with van der Waals surface area (Å²) in [6.45, 7) is 17.5. The predicted molar refractivity (Wildman–Crippen MR) is 234 cm³/mol. The molecule has 0 N–H and O–H groups in total. The van der Waals surface area contributed by atoms with Crippen molar-refractivity contribution in [3.8, 4) is 0 Å². The molecule has 2 aliphatic rings. The van der Waals surface area contributed by atoms with Gasteiger partial charge in [-0.25, -0.2) is 0 Å². The fourth-order valence-corrected chi connectivity index (χ4v) is 9.86. The molecule has 0 radical (unpaired) electrons. The van der Waals surface area contributed by atoms with Crippen molar-refractivity contribution in [3.05, 3.63) is 144 Å². The Balaban J connectivity index is 1.55. The zero-order chi connectivity index (χ0) is 39.5. The molecule has 0 bridgehead atoms. The number of hydrogen-bond acceptors (Lipinski definition) is 3. The molecule has 0 aliphatic carbocycles. The van der Waals surface area contributed by atoms with Gasteiger partial charge in [-0.1, -0.05) is 139 Å². The fraction of sp³-hybridized carbons (Fsp3) is 0.224. The van der Waals surface area contributed by atoms with Crippen LogP contribution in [0, 0.1) is 13.8 Å². The zero-order valence-corrected chi connectivity index (χ0v) is 33.9. The second kappa shape index (κ2) is 12.7. The fourth-order valence-electron chi connectivity index (χ4n) is 9.25. The number of thioether (sulfide) groups is 1. The maximum Gasteiger partial charge on any atom is 0.446 e. The van der Waals surface area contributed by atoms with E-state index in [2.05, 4.69) is 150 Å². The molecule has 2 heterocycles. The number of alkyl halides is 3. The molecule has 0 aromatic heterocycles. The summed E-state index contributed by atoms with van der Waals surface area (Å²) in [4.78, 5) is 4.68. The van der Waals surface area contributed by atoms with Crippen molar-refractivity contribution >= 4 is 90.5 Å². The van der Waals surface area contributed by atoms with E-state index in [1.165, 1.54) is 11.1 Å². The van der Waals surface area contributed by atoms with Crippen LogP contribution in [0.5, 0.6) is 0 Å². The number of fused-ring (bicyclic) bond motifs is 8. The monoisotopic (exact) mass is 760 g/mol. The molecule has 56 heavy (non-hydrogen) atoms. The van der Waals surface area contributed by atoms with Crippen molar-refractivity contribution < 1.29 is 13.2 Å². The number of para-hydroxylation sites is 2. The van der Waals surface area contributed by atoms with Crippen LogP contribution in [0.2, 0.25) is 0 Å². The molecule has 0 saturated heterocycles. The second-order valence-electron chi connectivity index (χ2n) is 17.4. The Bertz CT molecular complexity index is 2560. The van der Waals surface area contributed by atoms with Crippen LogP contribution in [0.3, 0.4) is 0 Å². The largest absolute Gasteiger partial charge is 0.446 e. The van der Waals surface area contributed by atoms with Gasteiger partial charge in [0.05, 0.1) is 0 Å². The van der Waals surface area contributed by atoms with Gasteiger partial charge < -0.3 is 9.80 Å². The van der Waals surface area contributed by atoms with Gasteiger partial charge in [-0.05, 0) is 110 Å². The van der Waals surface area contributed by atoms with Crippen molar-refractivity contribution in [2.24, 2.45) is 0 Å². The van der Waals surface area contributed by atoms with E-state index in [4.69, 9.17) is 0 Å². The lowest BCUT2D eigenvalue weighted by atomic mass is 9.32. The third-order valence-electron chi connectivity index (χ3n) is 11.6. The van der Waals surface area contributed by atoms with Crippen LogP contribution in [-0.4, -0.2) is 12.2 Å². The van der Waals surface area contributed by atoms with Gasteiger partial charge in [0.25, 0.3) is 6.71 Å². The highest BCUT2D eigenvalue weighted by Crippen LogP contribution is 2.52. The summed E-state index contributed by atoms with van der Waals surface area (Å²) in [6, 6.07) is 42.0. The van der Waals surface area contributed by atoms with Gasteiger partial charge in [-0.2, -0.15) is 13.2 Å². The smallest absolute Gasteiger partial charge is 0.311 e. The number of aryl methyl sites for hydroxylation is 2. The molecule has 0 fully saturated rings. The second-order valence-corrected chi connectivity index (χ2v) is 18.6. The Hall–Kier alpha value is -5.14. The first kappa shape index (κ1) is 36.5. The number of anilines is 6. The molecule has 0 spiro atoms. The molecular formula is C49H44BF3N2S. The standard InChI is InChI=1S/C49H44BF3N2S/c1-29-17-9-15-23-40(29)54-42-25-31(56-49(51,52)53)26-43-44(42)50(38-27-36(47(3,4)5)32-19-11-13-21-34(32)45(38)54)39-28-37(48(6,7)8)33-20-12-14-22-35(33)46(39)55(43)41-24-16-10-18-30(41)2/h9-28H,1-8H3. The minimum Gasteiger partial charge on any atom is -0.311 e. The molecule has 9 rings (SSSR count). The number of nitrogens with zero attached hydrogens (tertiary/aromatic N) is 2. The summed E-state index contributed by atoms with van der Waals surface area (Å²) in [5.41, 5.74) is 8.47. The van der Waals surface area contributed by atoms with Crippen LogP contribution in [-0.2, 0) is 10.8 Å². The molecule has 7 aromatic carbocycles. The van der Waals surface area contributed by atoms with Gasteiger partial charge in [-0.3, -0.25) is 0 Å². The topological polar surface area (TPSA) is 6.48 Å². The summed E-state index contributed by atoms with van der Waals surface area (Å²) in [5, 5.41) is 4.46. The van der Waals surface area contributed by atoms with Crippen LogP contribution in [0.4, 0.5) is 47.3 Å². The lowest BCUT2D eigenvalue weighted by molar-refractivity contribution is -0.0328. The Morgan fingerprint density at radius 3 is 1.23 bits per heavy atom.